The minimum absolute atomic E-state index is 0.0533. The van der Waals surface area contributed by atoms with E-state index in [0.29, 0.717) is 99.6 Å². The van der Waals surface area contributed by atoms with Crippen molar-refractivity contribution >= 4 is 70.5 Å². The minimum atomic E-state index is -0.957. The van der Waals surface area contributed by atoms with Crippen LogP contribution in [-0.2, 0) is 66.7 Å². The quantitative estimate of drug-likeness (QED) is 0.0515. The maximum Gasteiger partial charge on any atom is 0.404 e. The molecule has 15 rings (SSSR count). The standard InChI is InChI=1S/C16H18N2O4.C15H18N4O5.C15H15N3O4.C14H14N4O4/c1-9-13(18-5-6-18)16(22)12-10(8-20)11(4-3-7-19)17(2)14(12)15(9)21;1-5-9(16)12(21)8-6(4-24-14(17)22)15(23-2)13-7(18-13)3-19(15)10(8)11(5)20;1-7-11(17-5-6-17)14(21)10-12(13(7)20)18-4-3-9(15(18)16-10)22-8(2)19;1-4-8(15)13(20)7-5(3-22-14(16)21)10-9-6(17-9)2-18(10)11(7)12(4)19/h3-4,19-20H,5-8H2,1-2H3;6-7,13,18H,3-4,16H2,1-2H3,(H2,17,22);9H,3-6H2,1-2H3;6,9,17H,2-3,15H2,1H3,(H2,16,21)/b4-3+;;;/t;6-,7+,13+,15-;;6-,9-/m.1.0/s1. The van der Waals surface area contributed by atoms with Crippen LogP contribution in [0.4, 0.5) is 9.59 Å². The molecule has 8 aliphatic heterocycles. The number of ketones is 8. The number of hydrogen-bond acceptors (Lipinski definition) is 25. The second-order valence-corrected chi connectivity index (χ2v) is 23.5. The van der Waals surface area contributed by atoms with Gasteiger partial charge >= 0.3 is 18.2 Å². The van der Waals surface area contributed by atoms with Crippen LogP contribution in [0.3, 0.4) is 0 Å². The van der Waals surface area contributed by atoms with E-state index < -0.39 is 47.5 Å². The number of amides is 2. The molecule has 0 aromatic carbocycles. The van der Waals surface area contributed by atoms with E-state index in [2.05, 4.69) is 15.6 Å². The molecule has 12 N–H and O–H groups in total. The number of allylic oxidation sites excluding steroid dienone is 8. The van der Waals surface area contributed by atoms with E-state index in [4.69, 9.17) is 47.0 Å². The summed E-state index contributed by atoms with van der Waals surface area (Å²) in [5.41, 5.74) is 27.6. The Hall–Kier alpha value is -9.62. The highest BCUT2D eigenvalue weighted by molar-refractivity contribution is 6.29. The molecule has 30 nitrogen and oxygen atoms in total. The molecule has 3 aromatic heterocycles. The number of piperazine rings is 1. The number of nitrogens with two attached hydrogens (primary N) is 4. The number of methoxy groups -OCH3 is 1. The lowest BCUT2D eigenvalue weighted by Gasteiger charge is -2.39. The fourth-order valence-electron chi connectivity index (χ4n) is 14.0. The molecule has 90 heavy (non-hydrogen) atoms. The van der Waals surface area contributed by atoms with E-state index in [1.807, 2.05) is 19.3 Å². The Bertz CT molecular complexity index is 4100. The van der Waals surface area contributed by atoms with Crippen molar-refractivity contribution in [3.63, 3.8) is 0 Å². The predicted molar refractivity (Wildman–Crippen MR) is 309 cm³/mol. The molecule has 2 amide bonds. The van der Waals surface area contributed by atoms with Gasteiger partial charge in [-0.2, -0.15) is 0 Å². The van der Waals surface area contributed by atoms with E-state index in [-0.39, 0.29) is 125 Å². The second kappa shape index (κ2) is 21.9. The number of hydrogen-bond donors (Lipinski definition) is 8. The number of nitrogens with one attached hydrogen (secondary N) is 2. The highest BCUT2D eigenvalue weighted by atomic mass is 16.6. The van der Waals surface area contributed by atoms with Gasteiger partial charge in [0.2, 0.25) is 46.3 Å². The molecule has 3 aromatic rings. The molecule has 5 fully saturated rings. The maximum atomic E-state index is 12.8. The number of aromatic nitrogens is 4. The summed E-state index contributed by atoms with van der Waals surface area (Å²) in [4.78, 5) is 144. The zero-order chi connectivity index (χ0) is 64.8. The van der Waals surface area contributed by atoms with Crippen LogP contribution < -0.4 is 33.6 Å². The molecular weight excluding hydrogens is 1170 g/mol. The summed E-state index contributed by atoms with van der Waals surface area (Å²) in [5, 5.41) is 25.2. The Kier molecular flexibility index (Phi) is 14.7. The van der Waals surface area contributed by atoms with Crippen LogP contribution in [0.5, 0.6) is 0 Å². The largest absolute Gasteiger partial charge is 0.454 e. The van der Waals surface area contributed by atoms with Crippen LogP contribution in [0.15, 0.2) is 62.4 Å². The fourth-order valence-corrected chi connectivity index (χ4v) is 14.0. The SMILES string of the molecule is CC(=O)OC1CCn2c1nc1c2C(=O)C(C)=C(N2CC2)C1=O.CC1=C(N)C(=O)c2c(COC(N)=O)c3n(c2C1=O)C[C@@H]1N[C@H]31.CC1=C(N2CC2)C(=O)c2c(CO)c(/C=C/CO)n(C)c2C1=O.CO[C@@]12[C@H](COC(N)=O)C3=C(C(=O)C(C)=C(N)C3=O)N1C[C@@H]1N[C@@H]12. The van der Waals surface area contributed by atoms with Gasteiger partial charge in [0.25, 0.3) is 0 Å². The number of fused-ring (bicyclic) bond motifs is 13. The van der Waals surface area contributed by atoms with E-state index in [0.717, 1.165) is 31.9 Å². The number of primary amides is 2. The summed E-state index contributed by atoms with van der Waals surface area (Å²) < 4.78 is 26.1. The van der Waals surface area contributed by atoms with E-state index in [9.17, 15) is 57.8 Å². The monoisotopic (exact) mass is 1240 g/mol. The van der Waals surface area contributed by atoms with Gasteiger partial charge in [-0.3, -0.25) is 43.2 Å². The third-order valence-electron chi connectivity index (χ3n) is 18.5. The van der Waals surface area contributed by atoms with Gasteiger partial charge in [0.1, 0.15) is 36.0 Å². The molecule has 1 unspecified atom stereocenters. The zero-order valence-electron chi connectivity index (χ0n) is 50.1. The topological polar surface area (TPSA) is 450 Å². The van der Waals surface area contributed by atoms with E-state index in [1.165, 1.54) is 27.0 Å². The Balaban J connectivity index is 0.000000116. The first-order chi connectivity index (χ1) is 42.8. The van der Waals surface area contributed by atoms with Gasteiger partial charge in [0.15, 0.2) is 17.7 Å². The third-order valence-corrected chi connectivity index (χ3v) is 18.5. The molecule has 0 radical (unpaired) electrons. The lowest BCUT2D eigenvalue weighted by atomic mass is 9.82. The summed E-state index contributed by atoms with van der Waals surface area (Å²) in [5.74, 6) is -2.61. The molecule has 0 bridgehead atoms. The number of carbonyl (C=O) groups excluding carboxylic acids is 11. The number of esters is 1. The van der Waals surface area contributed by atoms with Crippen molar-refractivity contribution in [1.29, 1.82) is 0 Å². The van der Waals surface area contributed by atoms with E-state index in [1.54, 1.807) is 43.0 Å². The Morgan fingerprint density at radius 1 is 0.689 bits per heavy atom. The van der Waals surface area contributed by atoms with Gasteiger partial charge < -0.3 is 91.1 Å². The van der Waals surface area contributed by atoms with Crippen LogP contribution in [0.2, 0.25) is 0 Å². The number of aliphatic hydroxyl groups excluding tert-OH is 2. The average molecular weight is 1240 g/mol. The maximum absolute atomic E-state index is 12.8. The van der Waals surface area contributed by atoms with Crippen LogP contribution in [0, 0.1) is 5.92 Å². The number of nitrogens with zero attached hydrogens (tertiary/aromatic N) is 7. The van der Waals surface area contributed by atoms with Crippen molar-refractivity contribution in [1.82, 2.24) is 44.0 Å². The molecule has 0 saturated carbocycles. The highest BCUT2D eigenvalue weighted by Crippen LogP contribution is 2.56. The van der Waals surface area contributed by atoms with Crippen molar-refractivity contribution in [2.24, 2.45) is 35.9 Å². The summed E-state index contributed by atoms with van der Waals surface area (Å²) >= 11 is 0. The molecule has 0 spiro atoms. The minimum Gasteiger partial charge on any atom is -0.454 e. The first-order valence-corrected chi connectivity index (χ1v) is 29.0. The number of aliphatic hydroxyl groups is 2. The van der Waals surface area contributed by atoms with Gasteiger partial charge in [0, 0.05) is 136 Å². The smallest absolute Gasteiger partial charge is 0.404 e. The first-order valence-electron chi connectivity index (χ1n) is 29.0. The molecule has 30 heteroatoms. The third kappa shape index (κ3) is 9.16. The van der Waals surface area contributed by atoms with Crippen molar-refractivity contribution < 1.29 is 81.9 Å². The van der Waals surface area contributed by atoms with Crippen LogP contribution in [0.25, 0.3) is 6.08 Å². The normalized spacial score (nSPS) is 25.8. The van der Waals surface area contributed by atoms with Gasteiger partial charge in [-0.1, -0.05) is 6.08 Å². The van der Waals surface area contributed by atoms with Gasteiger partial charge in [-0.15, -0.1) is 0 Å². The Morgan fingerprint density at radius 3 is 1.89 bits per heavy atom. The number of ether oxygens (including phenoxy) is 4. The van der Waals surface area contributed by atoms with Crippen molar-refractivity contribution in [3.8, 4) is 0 Å². The number of rotatable bonds is 11. The van der Waals surface area contributed by atoms with Gasteiger partial charge in [-0.25, -0.2) is 14.6 Å². The molecule has 12 aliphatic rings. The van der Waals surface area contributed by atoms with Crippen molar-refractivity contribution in [2.75, 3.05) is 53.0 Å². The molecular formula is C60H65N13O17. The number of Topliss-reactive ketones (excluding diaryl/α,β-unsaturated/α-hetero) is 8. The predicted octanol–water partition coefficient (Wildman–Crippen LogP) is -0.578. The zero-order valence-corrected chi connectivity index (χ0v) is 50.1. The summed E-state index contributed by atoms with van der Waals surface area (Å²) in [6.45, 7) is 11.8. The molecule has 4 aliphatic carbocycles. The average Bonchev–Trinajstić information content (AvgIpc) is 1.51. The molecule has 5 saturated heterocycles. The molecule has 7 atom stereocenters. The van der Waals surface area contributed by atoms with Crippen molar-refractivity contribution in [3.05, 3.63) is 125 Å². The Labute approximate surface area is 511 Å². The molecule has 11 heterocycles. The van der Waals surface area contributed by atoms with Gasteiger partial charge in [-0.05, 0) is 33.8 Å². The van der Waals surface area contributed by atoms with Gasteiger partial charge in [0.05, 0.1) is 70.8 Å². The summed E-state index contributed by atoms with van der Waals surface area (Å²) in [6, 6.07) is 0.455. The number of imidazole rings is 1. The number of carbonyl (C=O) groups is 11. The fraction of sp³-hybridized carbons (Fsp3) is 0.433. The van der Waals surface area contributed by atoms with Crippen LogP contribution >= 0.6 is 0 Å². The highest BCUT2D eigenvalue weighted by Gasteiger charge is 2.73. The van der Waals surface area contributed by atoms with E-state index >= 15 is 0 Å². The second-order valence-electron chi connectivity index (χ2n) is 23.5. The first kappa shape index (κ1) is 60.7. The van der Waals surface area contributed by atoms with Crippen LogP contribution in [-0.4, -0.2) is 185 Å². The van der Waals surface area contributed by atoms with Crippen molar-refractivity contribution in [2.45, 2.75) is 103 Å². The molecule has 472 valence electrons. The summed E-state index contributed by atoms with van der Waals surface area (Å²) in [6.07, 6.45) is 1.36. The van der Waals surface area contributed by atoms with Crippen LogP contribution in [0.1, 0.15) is 144 Å². The lowest BCUT2D eigenvalue weighted by Crippen LogP contribution is -2.55. The lowest BCUT2D eigenvalue weighted by molar-refractivity contribution is -0.146. The summed E-state index contributed by atoms with van der Waals surface area (Å²) in [7, 11) is 3.21. The Morgan fingerprint density at radius 2 is 1.29 bits per heavy atom.